The molecule has 0 radical (unpaired) electrons. The molecule has 0 saturated carbocycles. The molecule has 0 unspecified atom stereocenters. The molecule has 3 heterocycles. The zero-order valence-electron chi connectivity index (χ0n) is 16.5. The summed E-state index contributed by atoms with van der Waals surface area (Å²) in [7, 11) is 0. The second kappa shape index (κ2) is 8.16. The summed E-state index contributed by atoms with van der Waals surface area (Å²) in [6, 6.07) is 4.45. The van der Waals surface area contributed by atoms with Crippen LogP contribution in [-0.2, 0) is 5.54 Å². The third-order valence-electron chi connectivity index (χ3n) is 5.02. The lowest BCUT2D eigenvalue weighted by atomic mass is 9.89. The van der Waals surface area contributed by atoms with Crippen molar-refractivity contribution in [1.29, 1.82) is 0 Å². The van der Waals surface area contributed by atoms with Crippen molar-refractivity contribution in [2.45, 2.75) is 25.8 Å². The molecular formula is C21H20FN5OS2. The molecule has 1 amide bonds. The monoisotopic (exact) mass is 441 g/mol. The van der Waals surface area contributed by atoms with Gasteiger partial charge < -0.3 is 11.1 Å². The Kier molecular flexibility index (Phi) is 5.57. The van der Waals surface area contributed by atoms with Crippen LogP contribution in [0.2, 0.25) is 0 Å². The largest absolute Gasteiger partial charge is 0.379 e. The number of aryl methyl sites for hydroxylation is 1. The lowest BCUT2D eigenvalue weighted by molar-refractivity contribution is 0.102. The van der Waals surface area contributed by atoms with E-state index in [0.717, 1.165) is 16.9 Å². The number of carbonyl (C=O) groups is 1. The van der Waals surface area contributed by atoms with Gasteiger partial charge in [0, 0.05) is 27.9 Å². The van der Waals surface area contributed by atoms with Gasteiger partial charge in [0.25, 0.3) is 5.91 Å². The number of amides is 1. The number of hydrogen-bond acceptors (Lipinski definition) is 7. The highest BCUT2D eigenvalue weighted by Crippen LogP contribution is 2.37. The van der Waals surface area contributed by atoms with Gasteiger partial charge in [0.2, 0.25) is 0 Å². The lowest BCUT2D eigenvalue weighted by Crippen LogP contribution is -2.29. The van der Waals surface area contributed by atoms with Crippen molar-refractivity contribution < 1.29 is 9.18 Å². The minimum atomic E-state index is -0.764. The average Bonchev–Trinajstić information content (AvgIpc) is 3.15. The van der Waals surface area contributed by atoms with Crippen molar-refractivity contribution in [2.24, 2.45) is 10.7 Å². The van der Waals surface area contributed by atoms with E-state index in [-0.39, 0.29) is 11.5 Å². The number of anilines is 1. The van der Waals surface area contributed by atoms with E-state index in [0.29, 0.717) is 28.5 Å². The standard InChI is InChI=1S/C21H20FN5OS2/c1-12-10-29-11-14(12)17-8-25-18(9-24-17)19(28)26-13-3-4-16(22)15(7-13)21(2)5-6-30-20(23)27-21/h3-4,7-11H,5-6H2,1-2H3,(H2,23,27)(H,26,28)/t21-/m0/s1. The fourth-order valence-corrected chi connectivity index (χ4v) is 5.12. The number of amidine groups is 1. The predicted octanol–water partition coefficient (Wildman–Crippen LogP) is 4.57. The van der Waals surface area contributed by atoms with Gasteiger partial charge in [-0.25, -0.2) is 9.37 Å². The number of nitrogens with zero attached hydrogens (tertiary/aromatic N) is 3. The third kappa shape index (κ3) is 4.08. The third-order valence-corrected chi connectivity index (χ3v) is 6.67. The predicted molar refractivity (Wildman–Crippen MR) is 120 cm³/mol. The molecule has 1 aliphatic rings. The summed E-state index contributed by atoms with van der Waals surface area (Å²) in [6.45, 7) is 3.85. The number of nitrogens with one attached hydrogen (secondary N) is 1. The number of halogens is 1. The number of nitrogens with two attached hydrogens (primary N) is 1. The van der Waals surface area contributed by atoms with E-state index in [1.54, 1.807) is 23.6 Å². The van der Waals surface area contributed by atoms with Crippen molar-refractivity contribution in [3.63, 3.8) is 0 Å². The second-order valence-electron chi connectivity index (χ2n) is 7.23. The summed E-state index contributed by atoms with van der Waals surface area (Å²) < 4.78 is 14.5. The quantitative estimate of drug-likeness (QED) is 0.619. The van der Waals surface area contributed by atoms with E-state index in [4.69, 9.17) is 5.73 Å². The highest BCUT2D eigenvalue weighted by molar-refractivity contribution is 8.13. The molecule has 3 aromatic rings. The van der Waals surface area contributed by atoms with Gasteiger partial charge >= 0.3 is 0 Å². The Morgan fingerprint density at radius 2 is 2.10 bits per heavy atom. The van der Waals surface area contributed by atoms with Crippen LogP contribution in [0.3, 0.4) is 0 Å². The van der Waals surface area contributed by atoms with E-state index in [1.807, 2.05) is 24.6 Å². The summed E-state index contributed by atoms with van der Waals surface area (Å²) in [5, 5.41) is 7.24. The first-order valence-corrected chi connectivity index (χ1v) is 11.2. The fraction of sp³-hybridized carbons (Fsp3) is 0.238. The number of hydrogen-bond donors (Lipinski definition) is 2. The van der Waals surface area contributed by atoms with E-state index in [9.17, 15) is 9.18 Å². The van der Waals surface area contributed by atoms with Crippen molar-refractivity contribution in [2.75, 3.05) is 11.1 Å². The Bertz CT molecular complexity index is 1130. The summed E-state index contributed by atoms with van der Waals surface area (Å²) >= 11 is 3.05. The maximum absolute atomic E-state index is 14.5. The van der Waals surface area contributed by atoms with Gasteiger partial charge in [-0.3, -0.25) is 14.8 Å². The Labute approximate surface area is 181 Å². The number of carbonyl (C=O) groups excluding carboxylic acids is 1. The molecule has 6 nitrogen and oxygen atoms in total. The highest BCUT2D eigenvalue weighted by atomic mass is 32.2. The number of aromatic nitrogens is 2. The van der Waals surface area contributed by atoms with Crippen molar-refractivity contribution in [3.05, 3.63) is 64.0 Å². The minimum absolute atomic E-state index is 0.181. The molecule has 9 heteroatoms. The van der Waals surface area contributed by atoms with E-state index in [1.165, 1.54) is 30.1 Å². The molecule has 154 valence electrons. The second-order valence-corrected chi connectivity index (χ2v) is 9.09. The summed E-state index contributed by atoms with van der Waals surface area (Å²) in [5.74, 6) is -0.0387. The molecule has 2 aromatic heterocycles. The molecule has 1 atom stereocenters. The Hall–Kier alpha value is -2.78. The first-order chi connectivity index (χ1) is 14.4. The first kappa shape index (κ1) is 20.5. The first-order valence-electron chi connectivity index (χ1n) is 9.30. The normalized spacial score (nSPS) is 18.7. The maximum atomic E-state index is 14.5. The molecular weight excluding hydrogens is 421 g/mol. The maximum Gasteiger partial charge on any atom is 0.275 e. The Morgan fingerprint density at radius 3 is 2.77 bits per heavy atom. The number of benzene rings is 1. The minimum Gasteiger partial charge on any atom is -0.379 e. The van der Waals surface area contributed by atoms with Gasteiger partial charge in [0.15, 0.2) is 5.17 Å². The molecule has 3 N–H and O–H groups in total. The summed E-state index contributed by atoms with van der Waals surface area (Å²) in [6.07, 6.45) is 3.68. The van der Waals surface area contributed by atoms with Gasteiger partial charge in [-0.15, -0.1) is 0 Å². The number of thiophene rings is 1. The van der Waals surface area contributed by atoms with Gasteiger partial charge in [0.1, 0.15) is 11.5 Å². The van der Waals surface area contributed by atoms with Crippen molar-refractivity contribution >= 4 is 39.9 Å². The van der Waals surface area contributed by atoms with Crippen LogP contribution < -0.4 is 11.1 Å². The average molecular weight is 442 g/mol. The Balaban J connectivity index is 1.55. The zero-order valence-corrected chi connectivity index (χ0v) is 18.1. The van der Waals surface area contributed by atoms with Crippen molar-refractivity contribution in [1.82, 2.24) is 9.97 Å². The van der Waals surface area contributed by atoms with E-state index in [2.05, 4.69) is 20.3 Å². The van der Waals surface area contributed by atoms with Gasteiger partial charge in [-0.2, -0.15) is 11.3 Å². The lowest BCUT2D eigenvalue weighted by Gasteiger charge is -2.30. The van der Waals surface area contributed by atoms with Crippen LogP contribution in [0, 0.1) is 12.7 Å². The van der Waals surface area contributed by atoms with E-state index >= 15 is 0 Å². The van der Waals surface area contributed by atoms with Gasteiger partial charge in [-0.1, -0.05) is 11.8 Å². The van der Waals surface area contributed by atoms with Crippen molar-refractivity contribution in [3.8, 4) is 11.3 Å². The van der Waals surface area contributed by atoms with Crippen LogP contribution in [0.4, 0.5) is 10.1 Å². The Morgan fingerprint density at radius 1 is 1.27 bits per heavy atom. The smallest absolute Gasteiger partial charge is 0.275 e. The highest BCUT2D eigenvalue weighted by Gasteiger charge is 2.32. The topological polar surface area (TPSA) is 93.3 Å². The number of thioether (sulfide) groups is 1. The zero-order chi connectivity index (χ0) is 21.3. The van der Waals surface area contributed by atoms with Gasteiger partial charge in [-0.05, 0) is 49.4 Å². The summed E-state index contributed by atoms with van der Waals surface area (Å²) in [5.41, 5.74) is 8.97. The molecule has 0 aliphatic carbocycles. The fourth-order valence-electron chi connectivity index (χ4n) is 3.30. The molecule has 0 spiro atoms. The van der Waals surface area contributed by atoms with Crippen LogP contribution in [0.25, 0.3) is 11.3 Å². The molecule has 0 fully saturated rings. The SMILES string of the molecule is Cc1cscc1-c1cnc(C(=O)Nc2ccc(F)c([C@]3(C)CCSC(N)=N3)c2)cn1. The van der Waals surface area contributed by atoms with E-state index < -0.39 is 11.4 Å². The molecule has 0 bridgehead atoms. The molecule has 0 saturated heterocycles. The molecule has 1 aliphatic heterocycles. The number of rotatable bonds is 4. The molecule has 1 aromatic carbocycles. The van der Waals surface area contributed by atoms with Crippen LogP contribution >= 0.6 is 23.1 Å². The van der Waals surface area contributed by atoms with Gasteiger partial charge in [0.05, 0.1) is 23.6 Å². The van der Waals surface area contributed by atoms with Crippen LogP contribution in [0.1, 0.15) is 35.0 Å². The number of aliphatic imine (C=N–C) groups is 1. The summed E-state index contributed by atoms with van der Waals surface area (Å²) in [4.78, 5) is 25.7. The molecule has 4 rings (SSSR count). The van der Waals surface area contributed by atoms with Crippen LogP contribution in [0.15, 0.2) is 46.3 Å². The van der Waals surface area contributed by atoms with Crippen LogP contribution in [-0.4, -0.2) is 26.8 Å². The molecule has 30 heavy (non-hydrogen) atoms. The van der Waals surface area contributed by atoms with Crippen LogP contribution in [0.5, 0.6) is 0 Å².